The Balaban J connectivity index is 1.10. The Bertz CT molecular complexity index is 739. The van der Waals surface area contributed by atoms with Gasteiger partial charge in [0.2, 0.25) is 5.91 Å². The Morgan fingerprint density at radius 3 is 1.95 bits per heavy atom. The SMILES string of the molecule is O=C(O)C1CC(C2CCCCC2)CCC1C(=O)NCCCNOCC1CCC(C2CCCCC2)CC1COO. The number of amides is 1. The van der Waals surface area contributed by atoms with E-state index in [-0.39, 0.29) is 5.91 Å². The van der Waals surface area contributed by atoms with Crippen LogP contribution in [0.2, 0.25) is 0 Å². The van der Waals surface area contributed by atoms with Gasteiger partial charge in [-0.2, -0.15) is 0 Å². The first-order valence-electron chi connectivity index (χ1n) is 16.2. The van der Waals surface area contributed by atoms with E-state index in [9.17, 15) is 14.7 Å². The summed E-state index contributed by atoms with van der Waals surface area (Å²) >= 11 is 0. The minimum absolute atomic E-state index is 0.105. The van der Waals surface area contributed by atoms with Crippen LogP contribution in [0.1, 0.15) is 109 Å². The van der Waals surface area contributed by atoms with Crippen molar-refractivity contribution in [1.82, 2.24) is 10.8 Å². The van der Waals surface area contributed by atoms with Crippen molar-refractivity contribution >= 4 is 11.9 Å². The number of nitrogens with one attached hydrogen (secondary N) is 2. The molecule has 0 saturated heterocycles. The minimum atomic E-state index is -0.816. The van der Waals surface area contributed by atoms with E-state index >= 15 is 0 Å². The second-order valence-electron chi connectivity index (χ2n) is 13.2. The molecule has 0 aromatic carbocycles. The van der Waals surface area contributed by atoms with Gasteiger partial charge >= 0.3 is 5.97 Å². The van der Waals surface area contributed by atoms with E-state index in [1.165, 1.54) is 70.6 Å². The van der Waals surface area contributed by atoms with E-state index in [4.69, 9.17) is 10.1 Å². The monoisotopic (exact) mass is 550 g/mol. The van der Waals surface area contributed by atoms with Crippen molar-refractivity contribution in [2.24, 2.45) is 47.3 Å². The second kappa shape index (κ2) is 16.3. The predicted octanol–water partition coefficient (Wildman–Crippen LogP) is 5.81. The number of carbonyl (C=O) groups excluding carboxylic acids is 1. The van der Waals surface area contributed by atoms with Gasteiger partial charge < -0.3 is 15.3 Å². The molecule has 4 aliphatic rings. The highest BCUT2D eigenvalue weighted by Gasteiger charge is 2.41. The van der Waals surface area contributed by atoms with Crippen LogP contribution in [0.3, 0.4) is 0 Å². The highest BCUT2D eigenvalue weighted by molar-refractivity contribution is 5.84. The highest BCUT2D eigenvalue weighted by Crippen LogP contribution is 2.44. The zero-order chi connectivity index (χ0) is 27.5. The third-order valence-electron chi connectivity index (χ3n) is 10.8. The molecule has 0 bridgehead atoms. The van der Waals surface area contributed by atoms with Gasteiger partial charge in [0, 0.05) is 13.1 Å². The number of hydrogen-bond acceptors (Lipinski definition) is 6. The molecule has 39 heavy (non-hydrogen) atoms. The van der Waals surface area contributed by atoms with E-state index < -0.39 is 17.8 Å². The lowest BCUT2D eigenvalue weighted by Gasteiger charge is -2.40. The highest BCUT2D eigenvalue weighted by atomic mass is 17.1. The fourth-order valence-corrected chi connectivity index (χ4v) is 8.48. The van der Waals surface area contributed by atoms with Gasteiger partial charge in [0.1, 0.15) is 0 Å². The summed E-state index contributed by atoms with van der Waals surface area (Å²) in [5.41, 5.74) is 3.04. The largest absolute Gasteiger partial charge is 0.481 e. The van der Waals surface area contributed by atoms with Crippen molar-refractivity contribution in [3.8, 4) is 0 Å². The first-order chi connectivity index (χ1) is 19.1. The molecule has 0 aromatic rings. The van der Waals surface area contributed by atoms with Gasteiger partial charge in [-0.3, -0.25) is 14.8 Å². The molecule has 4 rings (SSSR count). The van der Waals surface area contributed by atoms with Crippen molar-refractivity contribution < 1.29 is 29.7 Å². The van der Waals surface area contributed by atoms with Crippen LogP contribution in [-0.2, 0) is 19.3 Å². The molecule has 0 aromatic heterocycles. The van der Waals surface area contributed by atoms with Gasteiger partial charge in [0.15, 0.2) is 0 Å². The van der Waals surface area contributed by atoms with E-state index in [0.29, 0.717) is 62.8 Å². The molecule has 0 radical (unpaired) electrons. The van der Waals surface area contributed by atoms with Crippen LogP contribution < -0.4 is 10.8 Å². The van der Waals surface area contributed by atoms with Crippen LogP contribution in [0.4, 0.5) is 0 Å². The predicted molar refractivity (Wildman–Crippen MR) is 150 cm³/mol. The average molecular weight is 551 g/mol. The Morgan fingerprint density at radius 2 is 1.31 bits per heavy atom. The smallest absolute Gasteiger partial charge is 0.307 e. The molecule has 8 heteroatoms. The van der Waals surface area contributed by atoms with Gasteiger partial charge in [0.25, 0.3) is 0 Å². The van der Waals surface area contributed by atoms with Crippen molar-refractivity contribution in [2.45, 2.75) is 109 Å². The van der Waals surface area contributed by atoms with Gasteiger partial charge in [0.05, 0.1) is 25.0 Å². The number of aliphatic carboxylic acids is 1. The molecule has 224 valence electrons. The lowest BCUT2D eigenvalue weighted by Crippen LogP contribution is -2.43. The quantitative estimate of drug-likeness (QED) is 0.130. The number of carbonyl (C=O) groups is 2. The minimum Gasteiger partial charge on any atom is -0.481 e. The van der Waals surface area contributed by atoms with Crippen LogP contribution in [-0.4, -0.2) is 48.5 Å². The van der Waals surface area contributed by atoms with Crippen molar-refractivity contribution in [3.63, 3.8) is 0 Å². The maximum atomic E-state index is 12.9. The van der Waals surface area contributed by atoms with Gasteiger partial charge in [-0.15, -0.1) is 0 Å². The van der Waals surface area contributed by atoms with Crippen LogP contribution in [0.25, 0.3) is 0 Å². The number of rotatable bonds is 13. The van der Waals surface area contributed by atoms with Crippen LogP contribution in [0.15, 0.2) is 0 Å². The summed E-state index contributed by atoms with van der Waals surface area (Å²) in [5.74, 6) is 1.51. The molecule has 4 saturated carbocycles. The van der Waals surface area contributed by atoms with Crippen molar-refractivity contribution in [1.29, 1.82) is 0 Å². The molecule has 0 spiro atoms. The summed E-state index contributed by atoms with van der Waals surface area (Å²) in [6.45, 7) is 2.11. The van der Waals surface area contributed by atoms with E-state index in [1.807, 2.05) is 0 Å². The maximum Gasteiger partial charge on any atom is 0.307 e. The molecule has 0 heterocycles. The summed E-state index contributed by atoms with van der Waals surface area (Å²) in [4.78, 5) is 35.3. The summed E-state index contributed by atoms with van der Waals surface area (Å²) in [6.07, 6.45) is 19.6. The molecule has 4 aliphatic carbocycles. The molecule has 0 aliphatic heterocycles. The molecule has 4 fully saturated rings. The Labute approximate surface area is 235 Å². The molecule has 6 unspecified atom stereocenters. The second-order valence-corrected chi connectivity index (χ2v) is 13.2. The normalized spacial score (nSPS) is 33.1. The number of hydroxylamine groups is 1. The van der Waals surface area contributed by atoms with E-state index in [0.717, 1.165) is 37.5 Å². The van der Waals surface area contributed by atoms with E-state index in [2.05, 4.69) is 15.7 Å². The summed E-state index contributed by atoms with van der Waals surface area (Å²) in [6, 6.07) is 0. The lowest BCUT2D eigenvalue weighted by atomic mass is 9.66. The van der Waals surface area contributed by atoms with Gasteiger partial charge in [-0.1, -0.05) is 64.2 Å². The Morgan fingerprint density at radius 1 is 0.667 bits per heavy atom. The first kappa shape index (κ1) is 30.7. The third kappa shape index (κ3) is 9.14. The topological polar surface area (TPSA) is 117 Å². The number of carboxylic acid groups (broad SMARTS) is 1. The Kier molecular flexibility index (Phi) is 12.8. The summed E-state index contributed by atoms with van der Waals surface area (Å²) in [5, 5.41) is 22.0. The van der Waals surface area contributed by atoms with Crippen LogP contribution in [0.5, 0.6) is 0 Å². The summed E-state index contributed by atoms with van der Waals surface area (Å²) < 4.78 is 0. The number of hydrogen-bond donors (Lipinski definition) is 4. The molecule has 1 amide bonds. The third-order valence-corrected chi connectivity index (χ3v) is 10.8. The standard InChI is InChI=1S/C31H54N2O6/c34-30(28-15-14-25(19-29(28)31(35)36)23-10-5-2-6-11-23)32-16-7-17-33-38-20-26-13-12-24(18-27(26)21-39-37)22-8-3-1-4-9-22/h22-29,33,37H,1-21H2,(H,32,34)(H,35,36). The zero-order valence-electron chi connectivity index (χ0n) is 24.0. The van der Waals surface area contributed by atoms with Crippen molar-refractivity contribution in [3.05, 3.63) is 0 Å². The first-order valence-corrected chi connectivity index (χ1v) is 16.2. The maximum absolute atomic E-state index is 12.9. The fourth-order valence-electron chi connectivity index (χ4n) is 8.48. The molecular weight excluding hydrogens is 496 g/mol. The molecule has 4 N–H and O–H groups in total. The zero-order valence-corrected chi connectivity index (χ0v) is 24.0. The molecular formula is C31H54N2O6. The van der Waals surface area contributed by atoms with E-state index in [1.54, 1.807) is 0 Å². The van der Waals surface area contributed by atoms with Crippen LogP contribution >= 0.6 is 0 Å². The average Bonchev–Trinajstić information content (AvgIpc) is 2.98. The van der Waals surface area contributed by atoms with Crippen molar-refractivity contribution in [2.75, 3.05) is 26.3 Å². The fraction of sp³-hybridized carbons (Fsp3) is 0.935. The number of carboxylic acids is 1. The molecule has 6 atom stereocenters. The van der Waals surface area contributed by atoms with Gasteiger partial charge in [-0.05, 0) is 80.5 Å². The Hall–Kier alpha value is -1.22. The molecule has 8 nitrogen and oxygen atoms in total. The van der Waals surface area contributed by atoms with Crippen LogP contribution in [0, 0.1) is 47.3 Å². The summed E-state index contributed by atoms with van der Waals surface area (Å²) in [7, 11) is 0. The van der Waals surface area contributed by atoms with Gasteiger partial charge in [-0.25, -0.2) is 10.4 Å². The lowest BCUT2D eigenvalue weighted by molar-refractivity contribution is -0.258.